The maximum atomic E-state index is 13.2. The summed E-state index contributed by atoms with van der Waals surface area (Å²) in [5.74, 6) is -0.655. The molecule has 6 heteroatoms. The van der Waals surface area contributed by atoms with E-state index in [2.05, 4.69) is 0 Å². The van der Waals surface area contributed by atoms with Gasteiger partial charge in [0.2, 0.25) is 11.7 Å². The van der Waals surface area contributed by atoms with Gasteiger partial charge < -0.3 is 9.84 Å². The summed E-state index contributed by atoms with van der Waals surface area (Å²) in [6, 6.07) is 17.5. The minimum Gasteiger partial charge on any atom is -0.496 e. The van der Waals surface area contributed by atoms with Crippen molar-refractivity contribution in [1.82, 2.24) is 4.57 Å². The van der Waals surface area contributed by atoms with Crippen LogP contribution < -0.4 is 10.3 Å². The summed E-state index contributed by atoms with van der Waals surface area (Å²) in [4.78, 5) is 25.9. The van der Waals surface area contributed by atoms with E-state index in [0.29, 0.717) is 5.75 Å². The monoisotopic (exact) mass is 374 g/mol. The fraction of sp³-hybridized carbons (Fsp3) is 0.136. The van der Waals surface area contributed by atoms with E-state index >= 15 is 0 Å². The Kier molecular flexibility index (Phi) is 5.28. The van der Waals surface area contributed by atoms with Crippen molar-refractivity contribution >= 4 is 5.78 Å². The number of hydrogen-bond acceptors (Lipinski definition) is 5. The molecule has 2 aromatic carbocycles. The molecule has 0 radical (unpaired) electrons. The number of aromatic hydroxyl groups is 1. The van der Waals surface area contributed by atoms with Crippen molar-refractivity contribution < 1.29 is 14.6 Å². The van der Waals surface area contributed by atoms with Gasteiger partial charge in [-0.2, -0.15) is 5.26 Å². The summed E-state index contributed by atoms with van der Waals surface area (Å²) >= 11 is 0. The van der Waals surface area contributed by atoms with E-state index < -0.39 is 17.2 Å². The largest absolute Gasteiger partial charge is 0.496 e. The molecular weight excluding hydrogens is 356 g/mol. The first kappa shape index (κ1) is 18.9. The van der Waals surface area contributed by atoms with Crippen molar-refractivity contribution in [2.24, 2.45) is 0 Å². The number of pyridine rings is 1. The predicted octanol–water partition coefficient (Wildman–Crippen LogP) is 3.02. The lowest BCUT2D eigenvalue weighted by Gasteiger charge is -2.16. The molecule has 0 amide bonds. The van der Waals surface area contributed by atoms with Crippen LogP contribution in [0.1, 0.15) is 32.6 Å². The average Bonchev–Trinajstić information content (AvgIpc) is 2.72. The highest BCUT2D eigenvalue weighted by molar-refractivity contribution is 6.13. The molecule has 0 aliphatic heterocycles. The zero-order valence-electron chi connectivity index (χ0n) is 15.5. The first-order valence-corrected chi connectivity index (χ1v) is 8.57. The highest BCUT2D eigenvalue weighted by Gasteiger charge is 2.26. The third kappa shape index (κ3) is 3.26. The molecule has 0 atom stereocenters. The molecule has 28 heavy (non-hydrogen) atoms. The first-order chi connectivity index (χ1) is 13.5. The Morgan fingerprint density at radius 3 is 2.43 bits per heavy atom. The number of hydrogen-bond donors (Lipinski definition) is 1. The lowest BCUT2D eigenvalue weighted by atomic mass is 9.96. The van der Waals surface area contributed by atoms with Crippen molar-refractivity contribution in [3.63, 3.8) is 0 Å². The third-order valence-corrected chi connectivity index (χ3v) is 4.56. The molecule has 6 nitrogen and oxygen atoms in total. The number of rotatable bonds is 5. The van der Waals surface area contributed by atoms with E-state index in [4.69, 9.17) is 4.74 Å². The topological polar surface area (TPSA) is 92.3 Å². The quantitative estimate of drug-likeness (QED) is 0.693. The summed E-state index contributed by atoms with van der Waals surface area (Å²) in [6.07, 6.45) is 0. The fourth-order valence-electron chi connectivity index (χ4n) is 3.10. The Labute approximate surface area is 161 Å². The minimum atomic E-state index is -0.641. The average molecular weight is 374 g/mol. The summed E-state index contributed by atoms with van der Waals surface area (Å²) in [7, 11) is 1.44. The molecule has 140 valence electrons. The van der Waals surface area contributed by atoms with Gasteiger partial charge in [-0.25, -0.2) is 0 Å². The van der Waals surface area contributed by atoms with E-state index in [1.807, 2.05) is 12.1 Å². The number of aromatic nitrogens is 1. The zero-order chi connectivity index (χ0) is 20.3. The van der Waals surface area contributed by atoms with Gasteiger partial charge >= 0.3 is 0 Å². The van der Waals surface area contributed by atoms with E-state index in [0.717, 1.165) is 10.1 Å². The minimum absolute atomic E-state index is 0.0344. The Hall–Kier alpha value is -3.85. The first-order valence-electron chi connectivity index (χ1n) is 8.57. The van der Waals surface area contributed by atoms with Crippen LogP contribution in [0.3, 0.4) is 0 Å². The van der Waals surface area contributed by atoms with Crippen LogP contribution in [0, 0.1) is 18.3 Å². The summed E-state index contributed by atoms with van der Waals surface area (Å²) < 4.78 is 6.28. The highest BCUT2D eigenvalue weighted by Crippen LogP contribution is 2.29. The lowest BCUT2D eigenvalue weighted by molar-refractivity contribution is 0.103. The summed E-state index contributed by atoms with van der Waals surface area (Å²) in [5.41, 5.74) is 0.229. The molecule has 0 saturated heterocycles. The summed E-state index contributed by atoms with van der Waals surface area (Å²) in [5, 5.41) is 20.3. The predicted molar refractivity (Wildman–Crippen MR) is 104 cm³/mol. The van der Waals surface area contributed by atoms with Gasteiger partial charge in [0.15, 0.2) is 0 Å². The SMILES string of the molecule is COc1ccccc1C(=O)c1c(C)c(C#N)c(=O)n(Cc2ccccc2)c1O. The van der Waals surface area contributed by atoms with Crippen LogP contribution >= 0.6 is 0 Å². The van der Waals surface area contributed by atoms with Crippen molar-refractivity contribution in [2.75, 3.05) is 7.11 Å². The van der Waals surface area contributed by atoms with Gasteiger partial charge in [-0.15, -0.1) is 0 Å². The number of benzene rings is 2. The molecule has 0 fully saturated rings. The number of carbonyl (C=O) groups excluding carboxylic acids is 1. The third-order valence-electron chi connectivity index (χ3n) is 4.56. The fourth-order valence-corrected chi connectivity index (χ4v) is 3.10. The second kappa shape index (κ2) is 7.80. The molecule has 0 aliphatic rings. The van der Waals surface area contributed by atoms with Crippen LogP contribution in [0.15, 0.2) is 59.4 Å². The molecule has 3 aromatic rings. The molecule has 1 aromatic heterocycles. The van der Waals surface area contributed by atoms with Crippen LogP contribution in [0.4, 0.5) is 0 Å². The highest BCUT2D eigenvalue weighted by atomic mass is 16.5. The number of carbonyl (C=O) groups is 1. The maximum absolute atomic E-state index is 13.2. The summed E-state index contributed by atoms with van der Waals surface area (Å²) in [6.45, 7) is 1.52. The Balaban J connectivity index is 2.24. The number of ketones is 1. The zero-order valence-corrected chi connectivity index (χ0v) is 15.5. The molecule has 1 heterocycles. The Morgan fingerprint density at radius 2 is 1.79 bits per heavy atom. The standard InChI is InChI=1S/C22H18N2O4/c1-14-17(12-23)21(26)24(13-15-8-4-3-5-9-15)22(27)19(14)20(25)16-10-6-7-11-18(16)28-2/h3-11,27H,13H2,1-2H3. The van der Waals surface area contributed by atoms with Gasteiger partial charge in [-0.05, 0) is 30.2 Å². The molecule has 0 unspecified atom stereocenters. The van der Waals surface area contributed by atoms with Gasteiger partial charge in [0.05, 0.1) is 24.8 Å². The smallest absolute Gasteiger partial charge is 0.271 e. The molecule has 1 N–H and O–H groups in total. The van der Waals surface area contributed by atoms with Crippen LogP contribution in [-0.4, -0.2) is 22.6 Å². The second-order valence-electron chi connectivity index (χ2n) is 6.22. The van der Waals surface area contributed by atoms with Crippen molar-refractivity contribution in [3.8, 4) is 17.7 Å². The number of para-hydroxylation sites is 1. The molecule has 3 rings (SSSR count). The van der Waals surface area contributed by atoms with Crippen LogP contribution in [0.25, 0.3) is 0 Å². The molecule has 0 saturated carbocycles. The van der Waals surface area contributed by atoms with Crippen LogP contribution in [0.5, 0.6) is 11.6 Å². The van der Waals surface area contributed by atoms with Gasteiger partial charge in [0.25, 0.3) is 5.56 Å². The number of methoxy groups -OCH3 is 1. The van der Waals surface area contributed by atoms with Gasteiger partial charge in [-0.1, -0.05) is 42.5 Å². The molecule has 0 spiro atoms. The lowest BCUT2D eigenvalue weighted by Crippen LogP contribution is -2.27. The van der Waals surface area contributed by atoms with E-state index in [-0.39, 0.29) is 28.8 Å². The number of nitrogens with zero attached hydrogens (tertiary/aromatic N) is 2. The Bertz CT molecular complexity index is 1140. The number of ether oxygens (including phenoxy) is 1. The van der Waals surface area contributed by atoms with Crippen LogP contribution in [0.2, 0.25) is 0 Å². The van der Waals surface area contributed by atoms with E-state index in [1.54, 1.807) is 48.5 Å². The number of nitriles is 1. The molecule has 0 bridgehead atoms. The van der Waals surface area contributed by atoms with Gasteiger partial charge in [0.1, 0.15) is 17.4 Å². The van der Waals surface area contributed by atoms with Crippen LogP contribution in [-0.2, 0) is 6.54 Å². The van der Waals surface area contributed by atoms with Crippen molar-refractivity contribution in [2.45, 2.75) is 13.5 Å². The second-order valence-corrected chi connectivity index (χ2v) is 6.22. The van der Waals surface area contributed by atoms with E-state index in [1.165, 1.54) is 14.0 Å². The normalized spacial score (nSPS) is 10.3. The Morgan fingerprint density at radius 1 is 1.14 bits per heavy atom. The van der Waals surface area contributed by atoms with Crippen molar-refractivity contribution in [3.05, 3.63) is 92.8 Å². The van der Waals surface area contributed by atoms with E-state index in [9.17, 15) is 20.0 Å². The maximum Gasteiger partial charge on any atom is 0.271 e. The molecular formula is C22H18N2O4. The van der Waals surface area contributed by atoms with Crippen molar-refractivity contribution in [1.29, 1.82) is 5.26 Å². The molecule has 0 aliphatic carbocycles. The van der Waals surface area contributed by atoms with Gasteiger partial charge in [-0.3, -0.25) is 14.2 Å². The van der Waals surface area contributed by atoms with Gasteiger partial charge in [0, 0.05) is 0 Å².